The van der Waals surface area contributed by atoms with E-state index in [1.54, 1.807) is 0 Å². The second-order valence-electron chi connectivity index (χ2n) is 3.75. The normalized spacial score (nSPS) is 14.2. The third-order valence-electron chi connectivity index (χ3n) is 2.17. The van der Waals surface area contributed by atoms with Crippen LogP contribution in [0.15, 0.2) is 12.1 Å². The highest BCUT2D eigenvalue weighted by atomic mass is 19.4. The van der Waals surface area contributed by atoms with Gasteiger partial charge in [-0.3, -0.25) is 0 Å². The zero-order valence-electron chi connectivity index (χ0n) is 9.69. The Morgan fingerprint density at radius 3 is 2.15 bits per heavy atom. The van der Waals surface area contributed by atoms with E-state index in [9.17, 15) is 30.7 Å². The zero-order chi connectivity index (χ0) is 15.6. The molecule has 1 heterocycles. The summed E-state index contributed by atoms with van der Waals surface area (Å²) in [5.74, 6) is 0. The van der Waals surface area contributed by atoms with Crippen LogP contribution >= 0.6 is 0 Å². The van der Waals surface area contributed by atoms with Gasteiger partial charge in [0.15, 0.2) is 5.69 Å². The summed E-state index contributed by atoms with van der Waals surface area (Å²) in [6.07, 6.45) is -12.0. The van der Waals surface area contributed by atoms with E-state index in [0.717, 1.165) is 0 Å². The number of halogens is 7. The number of rotatable bonds is 4. The molecule has 0 saturated heterocycles. The van der Waals surface area contributed by atoms with Gasteiger partial charge in [0.05, 0.1) is 12.3 Å². The Morgan fingerprint density at radius 2 is 1.70 bits per heavy atom. The Balaban J connectivity index is 3.12. The average molecular weight is 306 g/mol. The fraction of sp³-hybridized carbons (Fsp3) is 0.500. The van der Waals surface area contributed by atoms with Gasteiger partial charge < -0.3 is 10.4 Å². The molecule has 1 aromatic heterocycles. The Hall–Kier alpha value is -1.58. The number of aliphatic hydroxyl groups is 1. The molecular weight excluding hydrogens is 297 g/mol. The standard InChI is InChI=1S/C10H9F7N2O/c11-5(4-20)3-18-6-1-2-7(9(12,13)14)19-8(6)10(15,16)17/h1-2,5,18,20H,3-4H2/t5-/m0/s1. The van der Waals surface area contributed by atoms with Crippen molar-refractivity contribution in [2.24, 2.45) is 0 Å². The SMILES string of the molecule is OC[C@@H](F)CNc1ccc(C(F)(F)F)nc1C(F)(F)F. The second-order valence-corrected chi connectivity index (χ2v) is 3.75. The van der Waals surface area contributed by atoms with E-state index in [0.29, 0.717) is 12.1 Å². The fourth-order valence-corrected chi connectivity index (χ4v) is 1.26. The molecule has 1 atom stereocenters. The summed E-state index contributed by atoms with van der Waals surface area (Å²) in [7, 11) is 0. The predicted octanol–water partition coefficient (Wildman–Crippen LogP) is 2.86. The summed E-state index contributed by atoms with van der Waals surface area (Å²) in [5, 5.41) is 10.4. The van der Waals surface area contributed by atoms with Gasteiger partial charge in [-0.1, -0.05) is 0 Å². The van der Waals surface area contributed by atoms with Crippen LogP contribution in [0.3, 0.4) is 0 Å². The van der Waals surface area contributed by atoms with Crippen LogP contribution in [-0.2, 0) is 12.4 Å². The molecule has 0 aliphatic carbocycles. The molecule has 0 spiro atoms. The number of hydrogen-bond donors (Lipinski definition) is 2. The monoisotopic (exact) mass is 306 g/mol. The van der Waals surface area contributed by atoms with Gasteiger partial charge in [0, 0.05) is 6.54 Å². The topological polar surface area (TPSA) is 45.1 Å². The van der Waals surface area contributed by atoms with Gasteiger partial charge in [0.2, 0.25) is 0 Å². The highest BCUT2D eigenvalue weighted by Crippen LogP contribution is 2.36. The van der Waals surface area contributed by atoms with Crippen LogP contribution in [0.1, 0.15) is 11.4 Å². The maximum Gasteiger partial charge on any atom is 0.435 e. The summed E-state index contributed by atoms with van der Waals surface area (Å²) in [6, 6.07) is 0.868. The van der Waals surface area contributed by atoms with Gasteiger partial charge in [0.25, 0.3) is 0 Å². The Kier molecular flexibility index (Phi) is 4.79. The predicted molar refractivity (Wildman–Crippen MR) is 54.7 cm³/mol. The van der Waals surface area contributed by atoms with E-state index in [-0.39, 0.29) is 0 Å². The molecule has 0 saturated carbocycles. The highest BCUT2D eigenvalue weighted by molar-refractivity contribution is 5.50. The van der Waals surface area contributed by atoms with Gasteiger partial charge >= 0.3 is 12.4 Å². The van der Waals surface area contributed by atoms with Crippen molar-refractivity contribution in [3.63, 3.8) is 0 Å². The highest BCUT2D eigenvalue weighted by Gasteiger charge is 2.40. The molecule has 3 nitrogen and oxygen atoms in total. The van der Waals surface area contributed by atoms with Crippen LogP contribution in [0.2, 0.25) is 0 Å². The second kappa shape index (κ2) is 5.81. The lowest BCUT2D eigenvalue weighted by Crippen LogP contribution is -2.22. The van der Waals surface area contributed by atoms with Crippen molar-refractivity contribution in [2.75, 3.05) is 18.5 Å². The van der Waals surface area contributed by atoms with Gasteiger partial charge in [-0.15, -0.1) is 0 Å². The molecule has 114 valence electrons. The quantitative estimate of drug-likeness (QED) is 0.841. The van der Waals surface area contributed by atoms with E-state index in [1.165, 1.54) is 0 Å². The van der Waals surface area contributed by atoms with Crippen LogP contribution in [0.25, 0.3) is 0 Å². The van der Waals surface area contributed by atoms with Crippen molar-refractivity contribution in [3.05, 3.63) is 23.5 Å². The molecule has 0 bridgehead atoms. The van der Waals surface area contributed by atoms with E-state index in [4.69, 9.17) is 5.11 Å². The van der Waals surface area contributed by atoms with E-state index >= 15 is 0 Å². The van der Waals surface area contributed by atoms with Crippen LogP contribution in [0.5, 0.6) is 0 Å². The van der Waals surface area contributed by atoms with Gasteiger partial charge in [0.1, 0.15) is 11.9 Å². The van der Waals surface area contributed by atoms with Crippen molar-refractivity contribution in [1.82, 2.24) is 4.98 Å². The van der Waals surface area contributed by atoms with Crippen molar-refractivity contribution >= 4 is 5.69 Å². The van der Waals surface area contributed by atoms with Crippen molar-refractivity contribution in [1.29, 1.82) is 0 Å². The molecule has 0 unspecified atom stereocenters. The lowest BCUT2D eigenvalue weighted by molar-refractivity contribution is -0.149. The first-order chi connectivity index (χ1) is 9.05. The van der Waals surface area contributed by atoms with Gasteiger partial charge in [-0.25, -0.2) is 9.37 Å². The number of aliphatic hydroxyl groups excluding tert-OH is 1. The number of pyridine rings is 1. The minimum absolute atomic E-state index is 0.351. The summed E-state index contributed by atoms with van der Waals surface area (Å²) >= 11 is 0. The van der Waals surface area contributed by atoms with Crippen LogP contribution in [0, 0.1) is 0 Å². The van der Waals surface area contributed by atoms with Gasteiger partial charge in [-0.05, 0) is 12.1 Å². The molecule has 0 amide bonds. The molecule has 0 aliphatic heterocycles. The zero-order valence-corrected chi connectivity index (χ0v) is 9.69. The molecule has 10 heteroatoms. The molecular formula is C10H9F7N2O. The summed E-state index contributed by atoms with van der Waals surface area (Å²) in [6.45, 7) is -1.62. The van der Waals surface area contributed by atoms with E-state index in [1.807, 2.05) is 5.32 Å². The molecule has 0 aliphatic rings. The number of nitrogens with zero attached hydrogens (tertiary/aromatic N) is 1. The van der Waals surface area contributed by atoms with Crippen LogP contribution in [0.4, 0.5) is 36.4 Å². The third kappa shape index (κ3) is 4.22. The maximum absolute atomic E-state index is 12.7. The molecule has 1 aromatic rings. The fourth-order valence-electron chi connectivity index (χ4n) is 1.26. The first-order valence-electron chi connectivity index (χ1n) is 5.20. The van der Waals surface area contributed by atoms with Gasteiger partial charge in [-0.2, -0.15) is 26.3 Å². The lowest BCUT2D eigenvalue weighted by atomic mass is 10.2. The summed E-state index contributed by atoms with van der Waals surface area (Å²) in [4.78, 5) is 2.52. The smallest absolute Gasteiger partial charge is 0.393 e. The van der Waals surface area contributed by atoms with Crippen LogP contribution in [-0.4, -0.2) is 29.4 Å². The molecule has 2 N–H and O–H groups in total. The van der Waals surface area contributed by atoms with E-state index < -0.39 is 48.8 Å². The Bertz CT molecular complexity index is 458. The minimum atomic E-state index is -5.13. The molecule has 0 radical (unpaired) electrons. The molecule has 0 fully saturated rings. The summed E-state index contributed by atoms with van der Waals surface area (Å²) < 4.78 is 87.5. The average Bonchev–Trinajstić information content (AvgIpc) is 2.33. The number of aromatic nitrogens is 1. The Labute approximate surface area is 108 Å². The minimum Gasteiger partial charge on any atom is -0.393 e. The third-order valence-corrected chi connectivity index (χ3v) is 2.17. The Morgan fingerprint density at radius 1 is 1.10 bits per heavy atom. The number of alkyl halides is 7. The lowest BCUT2D eigenvalue weighted by Gasteiger charge is -2.16. The molecule has 20 heavy (non-hydrogen) atoms. The first-order valence-corrected chi connectivity index (χ1v) is 5.20. The number of nitrogens with one attached hydrogen (secondary N) is 1. The number of hydrogen-bond acceptors (Lipinski definition) is 3. The first kappa shape index (κ1) is 16.5. The largest absolute Gasteiger partial charge is 0.435 e. The van der Waals surface area contributed by atoms with Crippen molar-refractivity contribution < 1.29 is 35.8 Å². The molecule has 1 rings (SSSR count). The molecule has 0 aromatic carbocycles. The van der Waals surface area contributed by atoms with E-state index in [2.05, 4.69) is 4.98 Å². The maximum atomic E-state index is 12.7. The van der Waals surface area contributed by atoms with Crippen LogP contribution < -0.4 is 5.32 Å². The number of anilines is 1. The summed E-state index contributed by atoms with van der Waals surface area (Å²) in [5.41, 5.74) is -4.28. The van der Waals surface area contributed by atoms with Crippen molar-refractivity contribution in [2.45, 2.75) is 18.5 Å². The van der Waals surface area contributed by atoms with Crippen molar-refractivity contribution in [3.8, 4) is 0 Å².